The van der Waals surface area contributed by atoms with Gasteiger partial charge in [-0.3, -0.25) is 9.36 Å². The molecule has 28 heavy (non-hydrogen) atoms. The van der Waals surface area contributed by atoms with Crippen molar-refractivity contribution < 1.29 is 9.53 Å². The summed E-state index contributed by atoms with van der Waals surface area (Å²) in [5.41, 5.74) is 1.67. The molecule has 2 aromatic heterocycles. The lowest BCUT2D eigenvalue weighted by molar-refractivity contribution is -0.148. The van der Waals surface area contributed by atoms with Gasteiger partial charge >= 0.3 is 5.97 Å². The minimum Gasteiger partial charge on any atom is -0.459 e. The van der Waals surface area contributed by atoms with Gasteiger partial charge in [-0.05, 0) is 43.7 Å². The van der Waals surface area contributed by atoms with Crippen LogP contribution in [0, 0.1) is 5.92 Å². The second-order valence-corrected chi connectivity index (χ2v) is 8.85. The highest BCUT2D eigenvalue weighted by Crippen LogP contribution is 2.35. The van der Waals surface area contributed by atoms with Crippen LogP contribution in [0.4, 0.5) is 0 Å². The molecule has 146 valence electrons. The minimum absolute atomic E-state index is 0.0685. The Labute approximate surface area is 171 Å². The monoisotopic (exact) mass is 416 g/mol. The van der Waals surface area contributed by atoms with E-state index in [2.05, 4.69) is 11.9 Å². The highest BCUT2D eigenvalue weighted by atomic mass is 35.5. The lowest BCUT2D eigenvalue weighted by atomic mass is 9.89. The zero-order valence-electron chi connectivity index (χ0n) is 15.8. The van der Waals surface area contributed by atoms with E-state index in [9.17, 15) is 9.59 Å². The van der Waals surface area contributed by atoms with E-state index in [1.165, 1.54) is 15.8 Å². The van der Waals surface area contributed by atoms with Gasteiger partial charge in [0.1, 0.15) is 17.5 Å². The molecule has 7 heteroatoms. The van der Waals surface area contributed by atoms with Crippen molar-refractivity contribution in [3.63, 3.8) is 0 Å². The number of aromatic nitrogens is 2. The van der Waals surface area contributed by atoms with Gasteiger partial charge in [0.15, 0.2) is 0 Å². The summed E-state index contributed by atoms with van der Waals surface area (Å²) >= 11 is 7.70. The molecule has 4 rings (SSSR count). The molecule has 0 fully saturated rings. The number of fused-ring (bicyclic) bond motifs is 3. The maximum Gasteiger partial charge on any atom is 0.329 e. The van der Waals surface area contributed by atoms with Crippen LogP contribution in [-0.4, -0.2) is 15.5 Å². The van der Waals surface area contributed by atoms with E-state index < -0.39 is 12.0 Å². The molecule has 1 aromatic carbocycles. The van der Waals surface area contributed by atoms with Crippen molar-refractivity contribution in [2.45, 2.75) is 45.8 Å². The third-order valence-electron chi connectivity index (χ3n) is 5.33. The second kappa shape index (κ2) is 7.68. The van der Waals surface area contributed by atoms with Gasteiger partial charge in [-0.2, -0.15) is 0 Å². The maximum atomic E-state index is 13.1. The first kappa shape index (κ1) is 19.2. The van der Waals surface area contributed by atoms with Crippen molar-refractivity contribution in [1.82, 2.24) is 9.55 Å². The van der Waals surface area contributed by atoms with Gasteiger partial charge in [-0.1, -0.05) is 36.7 Å². The average Bonchev–Trinajstić information content (AvgIpc) is 3.05. The molecule has 0 spiro atoms. The number of esters is 1. The fourth-order valence-corrected chi connectivity index (χ4v) is 5.15. The molecule has 1 aliphatic carbocycles. The quantitative estimate of drug-likeness (QED) is 0.586. The number of halogens is 1. The zero-order chi connectivity index (χ0) is 19.8. The van der Waals surface area contributed by atoms with Gasteiger partial charge in [-0.15, -0.1) is 11.3 Å². The van der Waals surface area contributed by atoms with E-state index in [1.807, 2.05) is 12.1 Å². The molecule has 0 saturated carbocycles. The first-order valence-corrected chi connectivity index (χ1v) is 10.6. The number of benzene rings is 1. The number of hydrogen-bond donors (Lipinski definition) is 0. The number of hydrogen-bond acceptors (Lipinski definition) is 5. The molecule has 0 aliphatic heterocycles. The van der Waals surface area contributed by atoms with Crippen LogP contribution in [0.15, 0.2) is 35.4 Å². The van der Waals surface area contributed by atoms with Gasteiger partial charge in [0.25, 0.3) is 5.56 Å². The maximum absolute atomic E-state index is 13.1. The lowest BCUT2D eigenvalue weighted by Gasteiger charge is -2.18. The lowest BCUT2D eigenvalue weighted by Crippen LogP contribution is -2.29. The van der Waals surface area contributed by atoms with Crippen LogP contribution in [0.5, 0.6) is 0 Å². The number of carbonyl (C=O) groups excluding carboxylic acids is 1. The van der Waals surface area contributed by atoms with E-state index in [0.717, 1.165) is 35.2 Å². The number of ether oxygens (including phenoxy) is 1. The zero-order valence-corrected chi connectivity index (χ0v) is 17.3. The van der Waals surface area contributed by atoms with Crippen LogP contribution in [0.1, 0.15) is 42.3 Å². The Kier molecular flexibility index (Phi) is 5.25. The Hall–Kier alpha value is -2.18. The molecule has 2 heterocycles. The molecule has 0 saturated heterocycles. The Morgan fingerprint density at radius 1 is 1.43 bits per heavy atom. The fourth-order valence-electron chi connectivity index (χ4n) is 3.62. The number of nitrogens with zero attached hydrogens (tertiary/aromatic N) is 2. The third kappa shape index (κ3) is 3.47. The van der Waals surface area contributed by atoms with Gasteiger partial charge in [-0.25, -0.2) is 9.78 Å². The Bertz CT molecular complexity index is 1100. The Morgan fingerprint density at radius 2 is 2.21 bits per heavy atom. The number of rotatable bonds is 4. The molecule has 2 atom stereocenters. The van der Waals surface area contributed by atoms with Crippen LogP contribution in [0.25, 0.3) is 10.2 Å². The number of aryl methyl sites for hydroxylation is 1. The summed E-state index contributed by atoms with van der Waals surface area (Å²) in [7, 11) is 0. The van der Waals surface area contributed by atoms with Crippen molar-refractivity contribution in [1.29, 1.82) is 0 Å². The van der Waals surface area contributed by atoms with E-state index in [-0.39, 0.29) is 12.2 Å². The summed E-state index contributed by atoms with van der Waals surface area (Å²) in [6.07, 6.45) is 4.41. The molecule has 3 aromatic rings. The summed E-state index contributed by atoms with van der Waals surface area (Å²) in [6.45, 7) is 3.96. The molecule has 0 N–H and O–H groups in total. The number of thiophene rings is 1. The second-order valence-electron chi connectivity index (χ2n) is 7.36. The molecular formula is C21H21ClN2O3S. The Balaban J connectivity index is 1.60. The van der Waals surface area contributed by atoms with Crippen LogP contribution in [0.3, 0.4) is 0 Å². The summed E-state index contributed by atoms with van der Waals surface area (Å²) in [5.74, 6) is 0.141. The fraction of sp³-hybridized carbons (Fsp3) is 0.381. The average molecular weight is 417 g/mol. The molecule has 0 bridgehead atoms. The molecule has 5 nitrogen and oxygen atoms in total. The molecule has 0 unspecified atom stereocenters. The summed E-state index contributed by atoms with van der Waals surface area (Å²) in [5, 5.41) is 1.21. The third-order valence-corrected chi connectivity index (χ3v) is 6.86. The smallest absolute Gasteiger partial charge is 0.329 e. The summed E-state index contributed by atoms with van der Waals surface area (Å²) < 4.78 is 6.77. The first-order valence-electron chi connectivity index (χ1n) is 9.37. The largest absolute Gasteiger partial charge is 0.459 e. The van der Waals surface area contributed by atoms with Crippen LogP contribution in [-0.2, 0) is 29.0 Å². The van der Waals surface area contributed by atoms with Crippen molar-refractivity contribution >= 4 is 39.1 Å². The molecule has 0 amide bonds. The van der Waals surface area contributed by atoms with E-state index in [4.69, 9.17) is 16.3 Å². The summed E-state index contributed by atoms with van der Waals surface area (Å²) in [6, 6.07) is 6.45. The number of carbonyl (C=O) groups is 1. The highest BCUT2D eigenvalue weighted by molar-refractivity contribution is 7.18. The first-order chi connectivity index (χ1) is 13.5. The standard InChI is InChI=1S/C21H21ClN2O3S/c1-12-7-8-15-17(9-12)28-19-18(15)20(25)24(11-23-19)13(2)21(26)27-10-14-5-3-4-6-16(14)22/h3-6,11-13H,7-10H2,1-2H3/t12-,13-/m0/s1. The normalized spacial score (nSPS) is 17.3. The van der Waals surface area contributed by atoms with Gasteiger partial charge in [0.2, 0.25) is 0 Å². The molecule has 0 radical (unpaired) electrons. The molecule has 1 aliphatic rings. The van der Waals surface area contributed by atoms with E-state index in [0.29, 0.717) is 16.3 Å². The van der Waals surface area contributed by atoms with Crippen LogP contribution >= 0.6 is 22.9 Å². The van der Waals surface area contributed by atoms with Crippen molar-refractivity contribution in [3.05, 3.63) is 62.0 Å². The van der Waals surface area contributed by atoms with E-state index in [1.54, 1.807) is 30.4 Å². The highest BCUT2D eigenvalue weighted by Gasteiger charge is 2.25. The predicted molar refractivity (Wildman–Crippen MR) is 111 cm³/mol. The van der Waals surface area contributed by atoms with E-state index >= 15 is 0 Å². The SMILES string of the molecule is C[C@H]1CCc2c(sc3ncn([C@@H](C)C(=O)OCc4ccccc4Cl)c(=O)c23)C1. The van der Waals surface area contributed by atoms with Crippen LogP contribution in [0.2, 0.25) is 5.02 Å². The topological polar surface area (TPSA) is 61.2 Å². The van der Waals surface area contributed by atoms with Crippen molar-refractivity contribution in [2.75, 3.05) is 0 Å². The van der Waals surface area contributed by atoms with Crippen LogP contribution < -0.4 is 5.56 Å². The predicted octanol–water partition coefficient (Wildman–Crippen LogP) is 4.54. The molecular weight excluding hydrogens is 396 g/mol. The Morgan fingerprint density at radius 3 is 3.00 bits per heavy atom. The van der Waals surface area contributed by atoms with Gasteiger partial charge < -0.3 is 4.74 Å². The summed E-state index contributed by atoms with van der Waals surface area (Å²) in [4.78, 5) is 32.1. The van der Waals surface area contributed by atoms with Gasteiger partial charge in [0.05, 0.1) is 11.7 Å². The van der Waals surface area contributed by atoms with Crippen molar-refractivity contribution in [3.8, 4) is 0 Å². The van der Waals surface area contributed by atoms with Crippen molar-refractivity contribution in [2.24, 2.45) is 5.92 Å². The minimum atomic E-state index is -0.759. The van der Waals surface area contributed by atoms with Gasteiger partial charge in [0, 0.05) is 15.5 Å².